The molecule has 0 saturated carbocycles. The highest BCUT2D eigenvalue weighted by atomic mass is 16.4. The molecule has 0 radical (unpaired) electrons. The molecule has 2 aromatic heterocycles. The van der Waals surface area contributed by atoms with Gasteiger partial charge in [-0.1, -0.05) is 36.8 Å². The molecule has 3 rings (SSSR count). The first-order valence-corrected chi connectivity index (χ1v) is 8.09. The van der Waals surface area contributed by atoms with Crippen molar-refractivity contribution in [3.8, 4) is 0 Å². The standard InChI is InChI=1S/C19H21N3O2/c1-3-17(15-7-5-14(2)6-8-15)21-19(23)18-10-9-16(24-18)13-22-12-4-11-20-22/h4-12,17H,3,13H2,1-2H3,(H,21,23)/t17-/m0/s1. The van der Waals surface area contributed by atoms with E-state index in [0.29, 0.717) is 18.1 Å². The van der Waals surface area contributed by atoms with E-state index in [4.69, 9.17) is 4.42 Å². The van der Waals surface area contributed by atoms with Crippen molar-refractivity contribution in [2.24, 2.45) is 0 Å². The minimum atomic E-state index is -0.200. The predicted molar refractivity (Wildman–Crippen MR) is 91.7 cm³/mol. The maximum absolute atomic E-state index is 12.4. The average molecular weight is 323 g/mol. The van der Waals surface area contributed by atoms with Gasteiger partial charge in [0.25, 0.3) is 5.91 Å². The van der Waals surface area contributed by atoms with E-state index < -0.39 is 0 Å². The van der Waals surface area contributed by atoms with E-state index in [1.165, 1.54) is 5.56 Å². The smallest absolute Gasteiger partial charge is 0.287 e. The average Bonchev–Trinajstić information content (AvgIpc) is 3.26. The normalized spacial score (nSPS) is 12.1. The van der Waals surface area contributed by atoms with Crippen molar-refractivity contribution in [1.29, 1.82) is 0 Å². The highest BCUT2D eigenvalue weighted by molar-refractivity contribution is 5.91. The Morgan fingerprint density at radius 2 is 2.04 bits per heavy atom. The van der Waals surface area contributed by atoms with E-state index in [0.717, 1.165) is 12.0 Å². The van der Waals surface area contributed by atoms with Gasteiger partial charge in [-0.2, -0.15) is 5.10 Å². The molecular formula is C19H21N3O2. The number of amides is 1. The van der Waals surface area contributed by atoms with Gasteiger partial charge < -0.3 is 9.73 Å². The molecule has 1 aromatic carbocycles. The van der Waals surface area contributed by atoms with Crippen LogP contribution in [-0.2, 0) is 6.54 Å². The van der Waals surface area contributed by atoms with Crippen molar-refractivity contribution in [1.82, 2.24) is 15.1 Å². The number of carbonyl (C=O) groups excluding carboxylic acids is 1. The number of hydrogen-bond donors (Lipinski definition) is 1. The molecule has 2 heterocycles. The van der Waals surface area contributed by atoms with Crippen LogP contribution < -0.4 is 5.32 Å². The van der Waals surface area contributed by atoms with Gasteiger partial charge in [0.2, 0.25) is 0 Å². The quantitative estimate of drug-likeness (QED) is 0.752. The van der Waals surface area contributed by atoms with Gasteiger partial charge in [-0.15, -0.1) is 0 Å². The van der Waals surface area contributed by atoms with E-state index >= 15 is 0 Å². The molecule has 0 aliphatic heterocycles. The van der Waals surface area contributed by atoms with Gasteiger partial charge >= 0.3 is 0 Å². The lowest BCUT2D eigenvalue weighted by atomic mass is 10.0. The zero-order valence-electron chi connectivity index (χ0n) is 13.9. The number of hydrogen-bond acceptors (Lipinski definition) is 3. The van der Waals surface area contributed by atoms with Crippen LogP contribution in [0.2, 0.25) is 0 Å². The Labute approximate surface area is 141 Å². The lowest BCUT2D eigenvalue weighted by Gasteiger charge is -2.17. The Morgan fingerprint density at radius 1 is 1.25 bits per heavy atom. The fraction of sp³-hybridized carbons (Fsp3) is 0.263. The second-order valence-corrected chi connectivity index (χ2v) is 5.81. The van der Waals surface area contributed by atoms with Crippen LogP contribution in [0.1, 0.15) is 46.8 Å². The summed E-state index contributed by atoms with van der Waals surface area (Å²) in [5.74, 6) is 0.823. The molecule has 24 heavy (non-hydrogen) atoms. The van der Waals surface area contributed by atoms with Gasteiger partial charge in [0.05, 0.1) is 12.6 Å². The zero-order valence-corrected chi connectivity index (χ0v) is 13.9. The van der Waals surface area contributed by atoms with Crippen molar-refractivity contribution in [2.75, 3.05) is 0 Å². The second kappa shape index (κ2) is 7.17. The molecule has 5 nitrogen and oxygen atoms in total. The lowest BCUT2D eigenvalue weighted by Crippen LogP contribution is -2.27. The number of furan rings is 1. The maximum atomic E-state index is 12.4. The van der Waals surface area contributed by atoms with Crippen LogP contribution in [0.15, 0.2) is 59.3 Å². The van der Waals surface area contributed by atoms with Crippen molar-refractivity contribution < 1.29 is 9.21 Å². The molecule has 0 unspecified atom stereocenters. The van der Waals surface area contributed by atoms with Crippen molar-refractivity contribution >= 4 is 5.91 Å². The third-order valence-electron chi connectivity index (χ3n) is 3.96. The van der Waals surface area contributed by atoms with Crippen molar-refractivity contribution in [2.45, 2.75) is 32.9 Å². The van der Waals surface area contributed by atoms with Gasteiger partial charge in [-0.05, 0) is 37.1 Å². The summed E-state index contributed by atoms with van der Waals surface area (Å²) in [6.45, 7) is 4.61. The Hall–Kier alpha value is -2.82. The summed E-state index contributed by atoms with van der Waals surface area (Å²) < 4.78 is 7.40. The SMILES string of the molecule is CC[C@H](NC(=O)c1ccc(Cn2cccn2)o1)c1ccc(C)cc1. The summed E-state index contributed by atoms with van der Waals surface area (Å²) in [5.41, 5.74) is 2.30. The number of benzene rings is 1. The van der Waals surface area contributed by atoms with Crippen LogP contribution in [0.5, 0.6) is 0 Å². The molecule has 0 bridgehead atoms. The second-order valence-electron chi connectivity index (χ2n) is 5.81. The van der Waals surface area contributed by atoms with E-state index in [9.17, 15) is 4.79 Å². The summed E-state index contributed by atoms with van der Waals surface area (Å²) in [6, 6.07) is 13.5. The maximum Gasteiger partial charge on any atom is 0.287 e. The molecule has 3 aromatic rings. The Balaban J connectivity index is 1.67. The van der Waals surface area contributed by atoms with E-state index in [1.54, 1.807) is 16.9 Å². The number of aryl methyl sites for hydroxylation is 1. The minimum Gasteiger partial charge on any atom is -0.454 e. The van der Waals surface area contributed by atoms with Crippen LogP contribution in [0, 0.1) is 6.92 Å². The zero-order chi connectivity index (χ0) is 16.9. The highest BCUT2D eigenvalue weighted by Gasteiger charge is 2.17. The van der Waals surface area contributed by atoms with Crippen LogP contribution in [0.25, 0.3) is 0 Å². The minimum absolute atomic E-state index is 0.0298. The molecule has 0 aliphatic rings. The summed E-state index contributed by atoms with van der Waals surface area (Å²) >= 11 is 0. The van der Waals surface area contributed by atoms with E-state index in [1.807, 2.05) is 25.3 Å². The third-order valence-corrected chi connectivity index (χ3v) is 3.96. The van der Waals surface area contributed by atoms with Crippen LogP contribution >= 0.6 is 0 Å². The highest BCUT2D eigenvalue weighted by Crippen LogP contribution is 2.18. The first kappa shape index (κ1) is 16.1. The summed E-state index contributed by atoms with van der Waals surface area (Å²) in [7, 11) is 0. The van der Waals surface area contributed by atoms with Crippen LogP contribution in [-0.4, -0.2) is 15.7 Å². The van der Waals surface area contributed by atoms with Gasteiger partial charge in [-0.3, -0.25) is 9.48 Å². The first-order chi connectivity index (χ1) is 11.7. The fourth-order valence-electron chi connectivity index (χ4n) is 2.59. The summed E-state index contributed by atoms with van der Waals surface area (Å²) in [4.78, 5) is 12.4. The van der Waals surface area contributed by atoms with Gasteiger partial charge in [0.1, 0.15) is 5.76 Å². The van der Waals surface area contributed by atoms with Gasteiger partial charge in [0, 0.05) is 12.4 Å². The molecule has 0 aliphatic carbocycles. The van der Waals surface area contributed by atoms with Gasteiger partial charge in [0.15, 0.2) is 5.76 Å². The number of nitrogens with zero attached hydrogens (tertiary/aromatic N) is 2. The predicted octanol–water partition coefficient (Wildman–Crippen LogP) is 3.71. The fourth-order valence-corrected chi connectivity index (χ4v) is 2.59. The van der Waals surface area contributed by atoms with Gasteiger partial charge in [-0.25, -0.2) is 0 Å². The summed E-state index contributed by atoms with van der Waals surface area (Å²) in [6.07, 6.45) is 4.38. The van der Waals surface area contributed by atoms with E-state index in [2.05, 4.69) is 41.6 Å². The van der Waals surface area contributed by atoms with E-state index in [-0.39, 0.29) is 11.9 Å². The molecule has 0 saturated heterocycles. The summed E-state index contributed by atoms with van der Waals surface area (Å²) in [5, 5.41) is 7.17. The Morgan fingerprint density at radius 3 is 2.71 bits per heavy atom. The topological polar surface area (TPSA) is 60.1 Å². The largest absolute Gasteiger partial charge is 0.454 e. The molecule has 124 valence electrons. The van der Waals surface area contributed by atoms with Crippen molar-refractivity contribution in [3.05, 3.63) is 77.5 Å². The van der Waals surface area contributed by atoms with Crippen molar-refractivity contribution in [3.63, 3.8) is 0 Å². The molecular weight excluding hydrogens is 302 g/mol. The number of carbonyl (C=O) groups is 1. The number of nitrogens with one attached hydrogen (secondary N) is 1. The number of aromatic nitrogens is 2. The number of rotatable bonds is 6. The lowest BCUT2D eigenvalue weighted by molar-refractivity contribution is 0.0905. The molecule has 1 N–H and O–H groups in total. The third kappa shape index (κ3) is 3.74. The molecule has 0 spiro atoms. The first-order valence-electron chi connectivity index (χ1n) is 8.09. The van der Waals surface area contributed by atoms with Crippen LogP contribution in [0.3, 0.4) is 0 Å². The monoisotopic (exact) mass is 323 g/mol. The Kier molecular flexibility index (Phi) is 4.79. The molecule has 5 heteroatoms. The molecule has 1 atom stereocenters. The molecule has 0 fully saturated rings. The Bertz CT molecular complexity index is 788. The molecule has 1 amide bonds. The van der Waals surface area contributed by atoms with Crippen LogP contribution in [0.4, 0.5) is 0 Å².